The number of nitrogens with one attached hydrogen (secondary N) is 1. The number of hydrogen-bond donors (Lipinski definition) is 2. The third-order valence-corrected chi connectivity index (χ3v) is 4.56. The van der Waals surface area contributed by atoms with E-state index in [1.807, 2.05) is 0 Å². The Bertz CT molecular complexity index is 855. The summed E-state index contributed by atoms with van der Waals surface area (Å²) < 4.78 is 26.7. The zero-order chi connectivity index (χ0) is 19.6. The van der Waals surface area contributed by atoms with E-state index in [9.17, 15) is 23.5 Å². The van der Waals surface area contributed by atoms with Crippen molar-refractivity contribution in [1.29, 1.82) is 0 Å². The summed E-state index contributed by atoms with van der Waals surface area (Å²) in [6.07, 6.45) is -0.333. The molecule has 27 heavy (non-hydrogen) atoms. The normalized spacial score (nSPS) is 19.2. The van der Waals surface area contributed by atoms with Crippen LogP contribution in [0.4, 0.5) is 14.5 Å². The fraction of sp³-hybridized carbons (Fsp3) is 0.300. The van der Waals surface area contributed by atoms with E-state index in [1.54, 1.807) is 24.3 Å². The average Bonchev–Trinajstić information content (AvgIpc) is 3.00. The summed E-state index contributed by atoms with van der Waals surface area (Å²) in [6.45, 7) is 1.56. The Morgan fingerprint density at radius 3 is 2.48 bits per heavy atom. The molecule has 0 saturated carbocycles. The predicted molar refractivity (Wildman–Crippen MR) is 95.9 cm³/mol. The lowest BCUT2D eigenvalue weighted by atomic mass is 10.0. The van der Waals surface area contributed by atoms with Crippen molar-refractivity contribution in [2.45, 2.75) is 31.9 Å². The Balaban J connectivity index is 1.74. The molecule has 7 heteroatoms. The lowest BCUT2D eigenvalue weighted by Gasteiger charge is -2.25. The summed E-state index contributed by atoms with van der Waals surface area (Å²) in [7, 11) is 0. The van der Waals surface area contributed by atoms with E-state index in [0.29, 0.717) is 11.3 Å². The maximum atomic E-state index is 13.6. The van der Waals surface area contributed by atoms with E-state index in [1.165, 1.54) is 17.9 Å². The molecule has 0 bridgehead atoms. The number of aliphatic hydroxyl groups excluding tert-OH is 1. The maximum absolute atomic E-state index is 13.6. The maximum Gasteiger partial charge on any atom is 0.227 e. The van der Waals surface area contributed by atoms with E-state index in [0.717, 1.165) is 17.7 Å². The van der Waals surface area contributed by atoms with Crippen molar-refractivity contribution in [3.8, 4) is 0 Å². The van der Waals surface area contributed by atoms with E-state index >= 15 is 0 Å². The van der Waals surface area contributed by atoms with Gasteiger partial charge in [-0.2, -0.15) is 0 Å². The number of benzene rings is 2. The summed E-state index contributed by atoms with van der Waals surface area (Å²) in [4.78, 5) is 25.3. The first-order valence-corrected chi connectivity index (χ1v) is 8.62. The SMILES string of the molecule is CC(=O)Nc1ccc(CC(=O)N2C[C@@H](O)C[C@@H]2c2ccc(F)c(F)c2)cc1. The molecule has 2 aromatic carbocycles. The van der Waals surface area contributed by atoms with Crippen LogP contribution in [-0.2, 0) is 16.0 Å². The lowest BCUT2D eigenvalue weighted by Crippen LogP contribution is -2.33. The van der Waals surface area contributed by atoms with Gasteiger partial charge in [-0.15, -0.1) is 0 Å². The van der Waals surface area contributed by atoms with Gasteiger partial charge in [-0.1, -0.05) is 18.2 Å². The number of amides is 2. The Morgan fingerprint density at radius 2 is 1.85 bits per heavy atom. The molecule has 0 radical (unpaired) electrons. The van der Waals surface area contributed by atoms with Crippen LogP contribution in [0.25, 0.3) is 0 Å². The summed E-state index contributed by atoms with van der Waals surface area (Å²) in [5.74, 6) is -2.32. The molecule has 1 fully saturated rings. The van der Waals surface area contributed by atoms with E-state index in [-0.39, 0.29) is 31.2 Å². The Morgan fingerprint density at radius 1 is 1.15 bits per heavy atom. The summed E-state index contributed by atoms with van der Waals surface area (Å²) in [6, 6.07) is 9.92. The molecule has 1 aliphatic rings. The minimum Gasteiger partial charge on any atom is -0.391 e. The minimum atomic E-state index is -0.977. The highest BCUT2D eigenvalue weighted by atomic mass is 19.2. The number of carbonyl (C=O) groups is 2. The van der Waals surface area contributed by atoms with Gasteiger partial charge in [0.2, 0.25) is 11.8 Å². The van der Waals surface area contributed by atoms with Crippen LogP contribution < -0.4 is 5.32 Å². The van der Waals surface area contributed by atoms with Gasteiger partial charge in [0.1, 0.15) is 0 Å². The second kappa shape index (κ2) is 7.84. The molecule has 2 atom stereocenters. The number of nitrogens with zero attached hydrogens (tertiary/aromatic N) is 1. The summed E-state index contributed by atoms with van der Waals surface area (Å²) in [5, 5.41) is 12.6. The van der Waals surface area contributed by atoms with Gasteiger partial charge in [-0.05, 0) is 41.8 Å². The summed E-state index contributed by atoms with van der Waals surface area (Å²) >= 11 is 0. The molecule has 0 aromatic heterocycles. The largest absolute Gasteiger partial charge is 0.391 e. The topological polar surface area (TPSA) is 69.6 Å². The van der Waals surface area contributed by atoms with Crippen molar-refractivity contribution < 1.29 is 23.5 Å². The molecule has 0 unspecified atom stereocenters. The van der Waals surface area contributed by atoms with Crippen LogP contribution in [-0.4, -0.2) is 34.5 Å². The van der Waals surface area contributed by atoms with Gasteiger partial charge >= 0.3 is 0 Å². The van der Waals surface area contributed by atoms with Crippen LogP contribution in [0.15, 0.2) is 42.5 Å². The highest BCUT2D eigenvalue weighted by Crippen LogP contribution is 2.33. The molecule has 2 amide bonds. The van der Waals surface area contributed by atoms with Crippen LogP contribution in [0.1, 0.15) is 30.5 Å². The van der Waals surface area contributed by atoms with E-state index < -0.39 is 23.8 Å². The lowest BCUT2D eigenvalue weighted by molar-refractivity contribution is -0.131. The fourth-order valence-electron chi connectivity index (χ4n) is 3.31. The second-order valence-electron chi connectivity index (χ2n) is 6.68. The van der Waals surface area contributed by atoms with E-state index in [2.05, 4.69) is 5.32 Å². The standard InChI is InChI=1S/C20H20F2N2O3/c1-12(25)23-15-5-2-13(3-6-15)8-20(27)24-11-16(26)10-19(24)14-4-7-17(21)18(22)9-14/h2-7,9,16,19,26H,8,10-11H2,1H3,(H,23,25)/t16-,19+/m0/s1. The highest BCUT2D eigenvalue weighted by Gasteiger charge is 2.35. The van der Waals surface area contributed by atoms with Crippen LogP contribution in [0.2, 0.25) is 0 Å². The first kappa shape index (κ1) is 19.0. The highest BCUT2D eigenvalue weighted by molar-refractivity contribution is 5.88. The number of halogens is 2. The zero-order valence-electron chi connectivity index (χ0n) is 14.8. The molecular formula is C20H20F2N2O3. The molecule has 0 spiro atoms. The molecule has 0 aliphatic carbocycles. The second-order valence-corrected chi connectivity index (χ2v) is 6.68. The average molecular weight is 374 g/mol. The van der Waals surface area contributed by atoms with Crippen molar-refractivity contribution in [3.05, 3.63) is 65.2 Å². The number of β-amino-alcohol motifs (C(OH)–C–C–N with tert-alkyl or cyclic N) is 1. The Labute approximate surface area is 155 Å². The van der Waals surface area contributed by atoms with E-state index in [4.69, 9.17) is 0 Å². The molecule has 2 N–H and O–H groups in total. The predicted octanol–water partition coefficient (Wildman–Crippen LogP) is 2.80. The Kier molecular flexibility index (Phi) is 5.51. The number of hydrogen-bond acceptors (Lipinski definition) is 3. The molecule has 142 valence electrons. The van der Waals surface area contributed by atoms with Gasteiger partial charge in [0, 0.05) is 19.2 Å². The molecule has 5 nitrogen and oxygen atoms in total. The molecule has 3 rings (SSSR count). The third-order valence-electron chi connectivity index (χ3n) is 4.56. The molecule has 1 heterocycles. The third kappa shape index (κ3) is 4.49. The van der Waals surface area contributed by atoms with Crippen molar-refractivity contribution in [2.24, 2.45) is 0 Å². The van der Waals surface area contributed by atoms with Gasteiger partial charge in [0.15, 0.2) is 11.6 Å². The molecular weight excluding hydrogens is 354 g/mol. The Hall–Kier alpha value is -2.80. The van der Waals surface area contributed by atoms with Crippen molar-refractivity contribution >= 4 is 17.5 Å². The quantitative estimate of drug-likeness (QED) is 0.865. The molecule has 1 saturated heterocycles. The van der Waals surface area contributed by atoms with Crippen LogP contribution in [0.3, 0.4) is 0 Å². The number of rotatable bonds is 4. The van der Waals surface area contributed by atoms with Gasteiger partial charge in [0.25, 0.3) is 0 Å². The van der Waals surface area contributed by atoms with Crippen molar-refractivity contribution in [3.63, 3.8) is 0 Å². The first-order valence-electron chi connectivity index (χ1n) is 8.62. The molecule has 1 aliphatic heterocycles. The van der Waals surface area contributed by atoms with Gasteiger partial charge in [-0.3, -0.25) is 9.59 Å². The molecule has 2 aromatic rings. The van der Waals surface area contributed by atoms with Gasteiger partial charge in [0.05, 0.1) is 18.6 Å². The fourth-order valence-corrected chi connectivity index (χ4v) is 3.31. The minimum absolute atomic E-state index is 0.104. The zero-order valence-corrected chi connectivity index (χ0v) is 14.8. The van der Waals surface area contributed by atoms with Gasteiger partial charge in [-0.25, -0.2) is 8.78 Å². The number of likely N-dealkylation sites (tertiary alicyclic amines) is 1. The van der Waals surface area contributed by atoms with Gasteiger partial charge < -0.3 is 15.3 Å². The number of aliphatic hydroxyl groups is 1. The number of carbonyl (C=O) groups excluding carboxylic acids is 2. The first-order chi connectivity index (χ1) is 12.8. The van der Waals surface area contributed by atoms with Crippen molar-refractivity contribution in [2.75, 3.05) is 11.9 Å². The monoisotopic (exact) mass is 374 g/mol. The number of anilines is 1. The van der Waals surface area contributed by atoms with Crippen molar-refractivity contribution in [1.82, 2.24) is 4.90 Å². The van der Waals surface area contributed by atoms with Crippen LogP contribution in [0, 0.1) is 11.6 Å². The smallest absolute Gasteiger partial charge is 0.227 e. The van der Waals surface area contributed by atoms with Crippen LogP contribution >= 0.6 is 0 Å². The summed E-state index contributed by atoms with van der Waals surface area (Å²) in [5.41, 5.74) is 1.84. The van der Waals surface area contributed by atoms with Crippen LogP contribution in [0.5, 0.6) is 0 Å².